The summed E-state index contributed by atoms with van der Waals surface area (Å²) in [5.74, 6) is -0.122. The number of hydrogen-bond donors (Lipinski definition) is 0. The first-order valence-electron chi connectivity index (χ1n) is 6.56. The number of Topliss-reactive ketones (excluding diaryl/α,β-unsaturated/α-hetero) is 1. The van der Waals surface area contributed by atoms with Crippen LogP contribution in [0.1, 0.15) is 43.5 Å². The standard InChI is InChI=1S/C14H19NO3S/c1-11-6-3-4-9-15(11)19(17,18)14-8-5-7-13(10-14)12(2)16/h5,7-8,10-11H,3-4,6,9H2,1-2H3/t11-/m0/s1. The number of nitrogens with zero attached hydrogens (tertiary/aromatic N) is 1. The van der Waals surface area contributed by atoms with Crippen molar-refractivity contribution in [3.63, 3.8) is 0 Å². The zero-order chi connectivity index (χ0) is 14.0. The van der Waals surface area contributed by atoms with Crippen LogP contribution < -0.4 is 0 Å². The number of hydrogen-bond acceptors (Lipinski definition) is 3. The molecule has 4 nitrogen and oxygen atoms in total. The second-order valence-electron chi connectivity index (χ2n) is 5.04. The van der Waals surface area contributed by atoms with Crippen molar-refractivity contribution in [3.8, 4) is 0 Å². The molecule has 1 aliphatic rings. The molecular formula is C14H19NO3S. The largest absolute Gasteiger partial charge is 0.295 e. The summed E-state index contributed by atoms with van der Waals surface area (Å²) in [6.45, 7) is 3.94. The molecule has 1 fully saturated rings. The lowest BCUT2D eigenvalue weighted by atomic mass is 10.1. The number of carbonyl (C=O) groups is 1. The van der Waals surface area contributed by atoms with Gasteiger partial charge in [-0.25, -0.2) is 8.42 Å². The van der Waals surface area contributed by atoms with Gasteiger partial charge < -0.3 is 0 Å². The quantitative estimate of drug-likeness (QED) is 0.800. The first-order chi connectivity index (χ1) is 8.93. The molecule has 0 aromatic heterocycles. The van der Waals surface area contributed by atoms with Gasteiger partial charge in [0.05, 0.1) is 4.90 Å². The summed E-state index contributed by atoms with van der Waals surface area (Å²) in [7, 11) is -3.49. The van der Waals surface area contributed by atoms with Crippen LogP contribution in [0.4, 0.5) is 0 Å². The molecule has 1 saturated heterocycles. The first-order valence-corrected chi connectivity index (χ1v) is 8.00. The number of benzene rings is 1. The Hall–Kier alpha value is -1.20. The van der Waals surface area contributed by atoms with Crippen molar-refractivity contribution >= 4 is 15.8 Å². The topological polar surface area (TPSA) is 54.5 Å². The molecule has 1 aromatic rings. The molecule has 1 atom stereocenters. The highest BCUT2D eigenvalue weighted by molar-refractivity contribution is 7.89. The molecule has 0 saturated carbocycles. The maximum atomic E-state index is 12.6. The number of ketones is 1. The van der Waals surface area contributed by atoms with E-state index in [0.717, 1.165) is 19.3 Å². The first kappa shape index (κ1) is 14.2. The zero-order valence-corrected chi connectivity index (χ0v) is 12.1. The highest BCUT2D eigenvalue weighted by Gasteiger charge is 2.31. The van der Waals surface area contributed by atoms with Gasteiger partial charge in [0.15, 0.2) is 5.78 Å². The van der Waals surface area contributed by atoms with E-state index < -0.39 is 10.0 Å². The van der Waals surface area contributed by atoms with Crippen LogP contribution in [0, 0.1) is 0 Å². The van der Waals surface area contributed by atoms with Gasteiger partial charge in [-0.15, -0.1) is 0 Å². The Kier molecular flexibility index (Phi) is 4.06. The van der Waals surface area contributed by atoms with Gasteiger partial charge in [0.2, 0.25) is 10.0 Å². The number of carbonyl (C=O) groups excluding carboxylic acids is 1. The van der Waals surface area contributed by atoms with E-state index in [0.29, 0.717) is 12.1 Å². The van der Waals surface area contributed by atoms with Crippen molar-refractivity contribution in [2.45, 2.75) is 44.0 Å². The van der Waals surface area contributed by atoms with E-state index in [9.17, 15) is 13.2 Å². The van der Waals surface area contributed by atoms with E-state index in [-0.39, 0.29) is 16.7 Å². The molecule has 0 unspecified atom stereocenters. The third-order valence-electron chi connectivity index (χ3n) is 3.59. The second-order valence-corrected chi connectivity index (χ2v) is 6.94. The van der Waals surface area contributed by atoms with Gasteiger partial charge in [-0.3, -0.25) is 4.79 Å². The molecule has 19 heavy (non-hydrogen) atoms. The lowest BCUT2D eigenvalue weighted by Gasteiger charge is -2.32. The average Bonchev–Trinajstić information content (AvgIpc) is 2.39. The van der Waals surface area contributed by atoms with Crippen molar-refractivity contribution in [1.29, 1.82) is 0 Å². The lowest BCUT2D eigenvalue weighted by molar-refractivity contribution is 0.101. The third kappa shape index (κ3) is 2.87. The van der Waals surface area contributed by atoms with E-state index in [2.05, 4.69) is 0 Å². The van der Waals surface area contributed by atoms with Crippen LogP contribution in [0.2, 0.25) is 0 Å². The minimum atomic E-state index is -3.49. The average molecular weight is 281 g/mol. The van der Waals surface area contributed by atoms with E-state index in [1.165, 1.54) is 13.0 Å². The fourth-order valence-electron chi connectivity index (χ4n) is 2.44. The van der Waals surface area contributed by atoms with Gasteiger partial charge in [-0.2, -0.15) is 4.31 Å². The molecule has 0 radical (unpaired) electrons. The highest BCUT2D eigenvalue weighted by Crippen LogP contribution is 2.25. The van der Waals surface area contributed by atoms with Gasteiger partial charge in [0.1, 0.15) is 0 Å². The molecule has 1 aromatic carbocycles. The van der Waals surface area contributed by atoms with E-state index in [1.807, 2.05) is 6.92 Å². The van der Waals surface area contributed by atoms with Crippen LogP contribution in [0.3, 0.4) is 0 Å². The van der Waals surface area contributed by atoms with Crippen molar-refractivity contribution in [3.05, 3.63) is 29.8 Å². The summed E-state index contributed by atoms with van der Waals surface area (Å²) >= 11 is 0. The number of sulfonamides is 1. The van der Waals surface area contributed by atoms with Crippen LogP contribution >= 0.6 is 0 Å². The maximum Gasteiger partial charge on any atom is 0.243 e. The van der Waals surface area contributed by atoms with Gasteiger partial charge >= 0.3 is 0 Å². The summed E-state index contributed by atoms with van der Waals surface area (Å²) in [5.41, 5.74) is 0.436. The minimum absolute atomic E-state index is 0.0275. The Labute approximate surface area is 114 Å². The predicted molar refractivity (Wildman–Crippen MR) is 73.7 cm³/mol. The van der Waals surface area contributed by atoms with Gasteiger partial charge in [-0.1, -0.05) is 18.6 Å². The molecule has 0 amide bonds. The summed E-state index contributed by atoms with van der Waals surface area (Å²) in [5, 5.41) is 0. The molecule has 5 heteroatoms. The fraction of sp³-hybridized carbons (Fsp3) is 0.500. The van der Waals surface area contributed by atoms with Gasteiger partial charge in [0, 0.05) is 18.2 Å². The summed E-state index contributed by atoms with van der Waals surface area (Å²) in [6.07, 6.45) is 2.86. The van der Waals surface area contributed by atoms with Gasteiger partial charge in [-0.05, 0) is 38.8 Å². The van der Waals surface area contributed by atoms with Crippen molar-refractivity contribution in [2.75, 3.05) is 6.54 Å². The molecule has 0 bridgehead atoms. The van der Waals surface area contributed by atoms with Crippen molar-refractivity contribution < 1.29 is 13.2 Å². The number of piperidine rings is 1. The Balaban J connectivity index is 2.38. The van der Waals surface area contributed by atoms with Crippen LogP contribution in [-0.2, 0) is 10.0 Å². The summed E-state index contributed by atoms with van der Waals surface area (Å²) < 4.78 is 26.7. The Morgan fingerprint density at radius 3 is 2.68 bits per heavy atom. The summed E-state index contributed by atoms with van der Waals surface area (Å²) in [4.78, 5) is 11.6. The molecule has 0 spiro atoms. The molecule has 0 aliphatic carbocycles. The Morgan fingerprint density at radius 1 is 1.32 bits per heavy atom. The second kappa shape index (κ2) is 5.43. The van der Waals surface area contributed by atoms with Crippen molar-refractivity contribution in [1.82, 2.24) is 4.31 Å². The third-order valence-corrected chi connectivity index (χ3v) is 5.60. The molecule has 104 valence electrons. The lowest BCUT2D eigenvalue weighted by Crippen LogP contribution is -2.41. The minimum Gasteiger partial charge on any atom is -0.295 e. The van der Waals surface area contributed by atoms with E-state index in [4.69, 9.17) is 0 Å². The normalized spacial score (nSPS) is 21.3. The maximum absolute atomic E-state index is 12.6. The number of rotatable bonds is 3. The molecule has 1 aliphatic heterocycles. The monoisotopic (exact) mass is 281 g/mol. The fourth-order valence-corrected chi connectivity index (χ4v) is 4.19. The zero-order valence-electron chi connectivity index (χ0n) is 11.3. The van der Waals surface area contributed by atoms with Crippen LogP contribution in [0.15, 0.2) is 29.2 Å². The van der Waals surface area contributed by atoms with E-state index in [1.54, 1.807) is 22.5 Å². The SMILES string of the molecule is CC(=O)c1cccc(S(=O)(=O)N2CCCC[C@@H]2C)c1. The molecular weight excluding hydrogens is 262 g/mol. The predicted octanol–water partition coefficient (Wildman–Crippen LogP) is 2.45. The van der Waals surface area contributed by atoms with Crippen LogP contribution in [-0.4, -0.2) is 31.1 Å². The van der Waals surface area contributed by atoms with Gasteiger partial charge in [0.25, 0.3) is 0 Å². The molecule has 0 N–H and O–H groups in total. The Morgan fingerprint density at radius 2 is 2.05 bits per heavy atom. The molecule has 1 heterocycles. The molecule has 2 rings (SSSR count). The summed E-state index contributed by atoms with van der Waals surface area (Å²) in [6, 6.07) is 6.32. The van der Waals surface area contributed by atoms with Crippen LogP contribution in [0.5, 0.6) is 0 Å². The smallest absolute Gasteiger partial charge is 0.243 e. The Bertz CT molecular complexity index is 580. The van der Waals surface area contributed by atoms with Crippen LogP contribution in [0.25, 0.3) is 0 Å². The van der Waals surface area contributed by atoms with E-state index >= 15 is 0 Å². The highest BCUT2D eigenvalue weighted by atomic mass is 32.2. The van der Waals surface area contributed by atoms with Crippen molar-refractivity contribution in [2.24, 2.45) is 0 Å².